The summed E-state index contributed by atoms with van der Waals surface area (Å²) in [7, 11) is 0. The Morgan fingerprint density at radius 1 is 1.00 bits per heavy atom. The molecule has 0 aliphatic carbocycles. The third kappa shape index (κ3) is 5.91. The minimum absolute atomic E-state index is 0.175. The van der Waals surface area contributed by atoms with Gasteiger partial charge in [-0.25, -0.2) is 0 Å². The van der Waals surface area contributed by atoms with Gasteiger partial charge < -0.3 is 4.74 Å². The molecule has 1 saturated heterocycles. The van der Waals surface area contributed by atoms with E-state index >= 15 is 0 Å². The molecule has 0 saturated carbocycles. The normalized spacial score (nSPS) is 19.1. The largest absolute Gasteiger partial charge is 0.465 e. The van der Waals surface area contributed by atoms with Gasteiger partial charge >= 0.3 is 5.97 Å². The lowest BCUT2D eigenvalue weighted by atomic mass is 9.89. The Morgan fingerprint density at radius 2 is 1.64 bits per heavy atom. The van der Waals surface area contributed by atoms with Crippen LogP contribution in [0.5, 0.6) is 0 Å². The Kier molecular flexibility index (Phi) is 9.18. The molecule has 1 aliphatic rings. The van der Waals surface area contributed by atoms with Crippen LogP contribution in [0.4, 0.5) is 0 Å². The van der Waals surface area contributed by atoms with E-state index in [1.54, 1.807) is 6.92 Å². The zero-order valence-electron chi connectivity index (χ0n) is 17.2. The van der Waals surface area contributed by atoms with E-state index in [2.05, 4.69) is 6.92 Å². The molecule has 0 N–H and O–H groups in total. The highest BCUT2D eigenvalue weighted by atomic mass is 16.5. The molecule has 5 nitrogen and oxygen atoms in total. The fourth-order valence-electron chi connectivity index (χ4n) is 3.82. The van der Waals surface area contributed by atoms with Gasteiger partial charge in [0, 0.05) is 18.9 Å². The number of unbranched alkanes of at least 4 members (excludes halogenated alkanes) is 6. The van der Waals surface area contributed by atoms with Crippen molar-refractivity contribution in [1.82, 2.24) is 4.90 Å². The Labute approximate surface area is 168 Å². The standard InChI is InChI=1S/C23H33NO4/c1-3-5-6-7-8-9-13-16-20(25)24-17-19(18-14-11-10-12-15-18)21(22(24)26)23(27)28-4-2/h10-12,14-15,19,21H,3-9,13,16-17H2,1-2H3/t19-,21-/m1/s1. The highest BCUT2D eigenvalue weighted by molar-refractivity contribution is 6.07. The van der Waals surface area contributed by atoms with Gasteiger partial charge in [-0.3, -0.25) is 19.3 Å². The second-order valence-electron chi connectivity index (χ2n) is 7.46. The maximum atomic E-state index is 12.9. The van der Waals surface area contributed by atoms with Gasteiger partial charge in [-0.2, -0.15) is 0 Å². The van der Waals surface area contributed by atoms with Gasteiger partial charge in [-0.05, 0) is 18.9 Å². The Balaban J connectivity index is 1.96. The van der Waals surface area contributed by atoms with Gasteiger partial charge in [-0.1, -0.05) is 75.8 Å². The van der Waals surface area contributed by atoms with Gasteiger partial charge in [0.15, 0.2) is 0 Å². The van der Waals surface area contributed by atoms with Crippen molar-refractivity contribution < 1.29 is 19.1 Å². The summed E-state index contributed by atoms with van der Waals surface area (Å²) in [6, 6.07) is 9.45. The second-order valence-corrected chi connectivity index (χ2v) is 7.46. The van der Waals surface area contributed by atoms with Crippen molar-refractivity contribution in [3.8, 4) is 0 Å². The molecule has 1 aromatic rings. The lowest BCUT2D eigenvalue weighted by Crippen LogP contribution is -2.35. The monoisotopic (exact) mass is 387 g/mol. The lowest BCUT2D eigenvalue weighted by molar-refractivity contribution is -0.154. The first kappa shape index (κ1) is 22.1. The molecule has 28 heavy (non-hydrogen) atoms. The quantitative estimate of drug-likeness (QED) is 0.319. The maximum absolute atomic E-state index is 12.9. The Bertz CT molecular complexity index is 643. The van der Waals surface area contributed by atoms with Crippen LogP contribution in [-0.4, -0.2) is 35.8 Å². The van der Waals surface area contributed by atoms with Gasteiger partial charge in [0.05, 0.1) is 6.61 Å². The molecule has 2 atom stereocenters. The number of carbonyl (C=O) groups is 3. The third-order valence-corrected chi connectivity index (χ3v) is 5.38. The molecular weight excluding hydrogens is 354 g/mol. The SMILES string of the molecule is CCCCCCCCCC(=O)N1C[C@H](c2ccccc2)[C@@H](C(=O)OCC)C1=O. The van der Waals surface area contributed by atoms with Crippen LogP contribution in [0, 0.1) is 5.92 Å². The van der Waals surface area contributed by atoms with E-state index in [4.69, 9.17) is 4.74 Å². The zero-order chi connectivity index (χ0) is 20.4. The fourth-order valence-corrected chi connectivity index (χ4v) is 3.82. The van der Waals surface area contributed by atoms with Crippen molar-refractivity contribution in [2.45, 2.75) is 71.1 Å². The van der Waals surface area contributed by atoms with Crippen LogP contribution >= 0.6 is 0 Å². The first-order valence-electron chi connectivity index (χ1n) is 10.7. The summed E-state index contributed by atoms with van der Waals surface area (Å²) in [5.41, 5.74) is 0.889. The molecular formula is C23H33NO4. The van der Waals surface area contributed by atoms with Gasteiger partial charge in [-0.15, -0.1) is 0 Å². The molecule has 1 fully saturated rings. The summed E-state index contributed by atoms with van der Waals surface area (Å²) in [4.78, 5) is 39.2. The predicted octanol–water partition coefficient (Wildman–Crippen LogP) is 4.46. The number of likely N-dealkylation sites (tertiary alicyclic amines) is 1. The van der Waals surface area contributed by atoms with E-state index in [9.17, 15) is 14.4 Å². The molecule has 2 amide bonds. The number of carbonyl (C=O) groups excluding carboxylic acids is 3. The minimum atomic E-state index is -0.930. The van der Waals surface area contributed by atoms with Crippen molar-refractivity contribution in [2.75, 3.05) is 13.2 Å². The van der Waals surface area contributed by atoms with E-state index < -0.39 is 17.8 Å². The second kappa shape index (κ2) is 11.6. The minimum Gasteiger partial charge on any atom is -0.465 e. The van der Waals surface area contributed by atoms with E-state index in [-0.39, 0.29) is 25.0 Å². The number of benzene rings is 1. The number of nitrogens with zero attached hydrogens (tertiary/aromatic N) is 1. The van der Waals surface area contributed by atoms with Gasteiger partial charge in [0.2, 0.25) is 11.8 Å². The average molecular weight is 388 g/mol. The number of rotatable bonds is 11. The summed E-state index contributed by atoms with van der Waals surface area (Å²) < 4.78 is 5.12. The van der Waals surface area contributed by atoms with E-state index in [0.717, 1.165) is 24.8 Å². The van der Waals surface area contributed by atoms with Crippen LogP contribution in [-0.2, 0) is 19.1 Å². The molecule has 0 spiro atoms. The van der Waals surface area contributed by atoms with Crippen LogP contribution in [0.25, 0.3) is 0 Å². The molecule has 1 aromatic carbocycles. The first-order chi connectivity index (χ1) is 13.6. The van der Waals surface area contributed by atoms with Crippen LogP contribution in [0.15, 0.2) is 30.3 Å². The van der Waals surface area contributed by atoms with Crippen molar-refractivity contribution in [1.29, 1.82) is 0 Å². The molecule has 5 heteroatoms. The van der Waals surface area contributed by atoms with Crippen molar-refractivity contribution >= 4 is 17.8 Å². The topological polar surface area (TPSA) is 63.7 Å². The third-order valence-electron chi connectivity index (χ3n) is 5.38. The van der Waals surface area contributed by atoms with E-state index in [1.807, 2.05) is 30.3 Å². The van der Waals surface area contributed by atoms with Crippen LogP contribution in [0.1, 0.15) is 76.7 Å². The first-order valence-corrected chi connectivity index (χ1v) is 10.7. The number of esters is 1. The number of hydrogen-bond donors (Lipinski definition) is 0. The van der Waals surface area contributed by atoms with Crippen molar-refractivity contribution in [3.63, 3.8) is 0 Å². The molecule has 154 valence electrons. The zero-order valence-corrected chi connectivity index (χ0v) is 17.2. The highest BCUT2D eigenvalue weighted by Gasteiger charge is 2.48. The molecule has 0 bridgehead atoms. The smallest absolute Gasteiger partial charge is 0.319 e. The van der Waals surface area contributed by atoms with E-state index in [1.165, 1.54) is 30.6 Å². The molecule has 0 unspecified atom stereocenters. The predicted molar refractivity (Wildman–Crippen MR) is 109 cm³/mol. The van der Waals surface area contributed by atoms with Crippen LogP contribution in [0.3, 0.4) is 0 Å². The highest BCUT2D eigenvalue weighted by Crippen LogP contribution is 2.35. The van der Waals surface area contributed by atoms with Crippen molar-refractivity contribution in [3.05, 3.63) is 35.9 Å². The molecule has 1 aliphatic heterocycles. The molecule has 0 radical (unpaired) electrons. The Hall–Kier alpha value is -2.17. The van der Waals surface area contributed by atoms with Gasteiger partial charge in [0.1, 0.15) is 5.92 Å². The summed E-state index contributed by atoms with van der Waals surface area (Å²) in [5.74, 6) is -2.40. The molecule has 1 heterocycles. The molecule has 2 rings (SSSR count). The summed E-state index contributed by atoms with van der Waals surface area (Å²) in [5, 5.41) is 0. The lowest BCUT2D eigenvalue weighted by Gasteiger charge is -2.15. The fraction of sp³-hybridized carbons (Fsp3) is 0.609. The number of ether oxygens (including phenoxy) is 1. The number of hydrogen-bond acceptors (Lipinski definition) is 4. The number of amides is 2. The summed E-state index contributed by atoms with van der Waals surface area (Å²) >= 11 is 0. The van der Waals surface area contributed by atoms with Crippen LogP contribution in [0.2, 0.25) is 0 Å². The van der Waals surface area contributed by atoms with E-state index in [0.29, 0.717) is 6.42 Å². The Morgan fingerprint density at radius 3 is 2.29 bits per heavy atom. The van der Waals surface area contributed by atoms with Crippen LogP contribution < -0.4 is 0 Å². The molecule has 0 aromatic heterocycles. The van der Waals surface area contributed by atoms with Gasteiger partial charge in [0.25, 0.3) is 0 Å². The maximum Gasteiger partial charge on any atom is 0.319 e. The van der Waals surface area contributed by atoms with Crippen molar-refractivity contribution in [2.24, 2.45) is 5.92 Å². The summed E-state index contributed by atoms with van der Waals surface area (Å²) in [6.45, 7) is 4.38. The summed E-state index contributed by atoms with van der Waals surface area (Å²) in [6.07, 6.45) is 8.20. The average Bonchev–Trinajstić information content (AvgIpc) is 3.05. The number of imide groups is 1.